The summed E-state index contributed by atoms with van der Waals surface area (Å²) in [6.07, 6.45) is 4.88. The van der Waals surface area contributed by atoms with Crippen LogP contribution in [-0.4, -0.2) is 42.0 Å². The van der Waals surface area contributed by atoms with Crippen LogP contribution in [0, 0.1) is 0 Å². The molecule has 3 rings (SSSR count). The predicted molar refractivity (Wildman–Crippen MR) is 111 cm³/mol. The predicted octanol–water partition coefficient (Wildman–Crippen LogP) is 4.09. The topological polar surface area (TPSA) is 58.4 Å². The van der Waals surface area contributed by atoms with Crippen LogP contribution in [0.3, 0.4) is 0 Å². The Morgan fingerprint density at radius 1 is 1.38 bits per heavy atom. The maximum atomic E-state index is 12.4. The van der Waals surface area contributed by atoms with E-state index in [9.17, 15) is 4.79 Å². The summed E-state index contributed by atoms with van der Waals surface area (Å²) in [5, 5.41) is 3.26. The lowest BCUT2D eigenvalue weighted by atomic mass is 10.1. The second-order valence-corrected chi connectivity index (χ2v) is 6.92. The van der Waals surface area contributed by atoms with Crippen LogP contribution in [0.25, 0.3) is 11.3 Å². The first-order valence-electron chi connectivity index (χ1n) is 8.32. The molecule has 2 heterocycles. The Morgan fingerprint density at radius 3 is 2.88 bits per heavy atom. The van der Waals surface area contributed by atoms with Gasteiger partial charge >= 0.3 is 0 Å². The number of amides is 1. The largest absolute Gasteiger partial charge is 0.441 e. The van der Waals surface area contributed by atoms with Crippen LogP contribution in [0.2, 0.25) is 0 Å². The summed E-state index contributed by atoms with van der Waals surface area (Å²) >= 11 is 3.51. The molecule has 1 N–H and O–H groups in total. The fourth-order valence-electron chi connectivity index (χ4n) is 3.02. The molecule has 0 aliphatic carbocycles. The molecule has 26 heavy (non-hydrogen) atoms. The van der Waals surface area contributed by atoms with Crippen molar-refractivity contribution in [2.75, 3.05) is 20.1 Å². The van der Waals surface area contributed by atoms with Gasteiger partial charge in [0.2, 0.25) is 5.91 Å². The van der Waals surface area contributed by atoms with Crippen molar-refractivity contribution in [1.82, 2.24) is 15.2 Å². The highest BCUT2D eigenvalue weighted by atomic mass is 79.9. The number of nitrogens with zero attached hydrogens (tertiary/aromatic N) is 2. The summed E-state index contributed by atoms with van der Waals surface area (Å²) in [5.41, 5.74) is 0.968. The number of hydrogen-bond acceptors (Lipinski definition) is 4. The lowest BCUT2D eigenvalue weighted by Crippen LogP contribution is -2.47. The number of piperidine rings is 1. The van der Waals surface area contributed by atoms with Crippen molar-refractivity contribution >= 4 is 46.7 Å². The number of aromatic nitrogens is 1. The molecule has 1 aromatic carbocycles. The van der Waals surface area contributed by atoms with Gasteiger partial charge in [-0.25, -0.2) is 4.98 Å². The maximum Gasteiger partial charge on any atom is 0.223 e. The van der Waals surface area contributed by atoms with E-state index in [1.165, 1.54) is 0 Å². The van der Waals surface area contributed by atoms with Crippen molar-refractivity contribution in [3.63, 3.8) is 0 Å². The molecule has 1 aliphatic rings. The number of carbonyl (C=O) groups excluding carboxylic acids is 1. The van der Waals surface area contributed by atoms with Gasteiger partial charge in [-0.15, -0.1) is 24.8 Å². The summed E-state index contributed by atoms with van der Waals surface area (Å²) in [6.45, 7) is 1.65. The summed E-state index contributed by atoms with van der Waals surface area (Å²) in [7, 11) is 1.95. The second-order valence-electron chi connectivity index (χ2n) is 6.07. The molecule has 1 fully saturated rings. The highest BCUT2D eigenvalue weighted by Gasteiger charge is 2.22. The number of oxazole rings is 1. The van der Waals surface area contributed by atoms with E-state index in [2.05, 4.69) is 26.2 Å². The van der Waals surface area contributed by atoms with Crippen molar-refractivity contribution in [3.8, 4) is 11.3 Å². The highest BCUT2D eigenvalue weighted by molar-refractivity contribution is 9.10. The first kappa shape index (κ1) is 23.0. The molecule has 0 spiro atoms. The maximum absolute atomic E-state index is 12.4. The van der Waals surface area contributed by atoms with Gasteiger partial charge < -0.3 is 14.6 Å². The van der Waals surface area contributed by atoms with Gasteiger partial charge in [0.1, 0.15) is 0 Å². The van der Waals surface area contributed by atoms with Crippen LogP contribution < -0.4 is 5.32 Å². The first-order chi connectivity index (χ1) is 11.7. The lowest BCUT2D eigenvalue weighted by molar-refractivity contribution is -0.132. The standard InChI is InChI=1S/C18H22BrN3O2.2ClH/c1-20-13-5-4-10-22(12-13)18(23)9-8-17-21-11-16(24-17)14-6-2-3-7-15(14)19;;/h2-3,6-7,11,13,20H,4-5,8-10,12H2,1H3;2*1H. The molecule has 1 amide bonds. The third-order valence-electron chi connectivity index (χ3n) is 4.43. The monoisotopic (exact) mass is 463 g/mol. The number of likely N-dealkylation sites (tertiary alicyclic amines) is 1. The molecular formula is C18H24BrCl2N3O2. The van der Waals surface area contributed by atoms with Crippen molar-refractivity contribution in [2.24, 2.45) is 0 Å². The number of nitrogens with one attached hydrogen (secondary N) is 1. The molecule has 0 saturated carbocycles. The number of hydrogen-bond donors (Lipinski definition) is 1. The number of benzene rings is 1. The molecule has 2 aromatic rings. The van der Waals surface area contributed by atoms with E-state index in [0.29, 0.717) is 24.8 Å². The van der Waals surface area contributed by atoms with Crippen molar-refractivity contribution in [3.05, 3.63) is 40.8 Å². The van der Waals surface area contributed by atoms with E-state index in [0.717, 1.165) is 41.7 Å². The molecule has 1 aromatic heterocycles. The smallest absolute Gasteiger partial charge is 0.223 e. The van der Waals surface area contributed by atoms with E-state index in [4.69, 9.17) is 4.42 Å². The Labute approximate surface area is 174 Å². The third-order valence-corrected chi connectivity index (χ3v) is 5.12. The Bertz CT molecular complexity index is 711. The SMILES string of the molecule is CNC1CCCN(C(=O)CCc2ncc(-c3ccccc3Br)o2)C1.Cl.Cl. The fraction of sp³-hybridized carbons (Fsp3) is 0.444. The number of halogens is 3. The van der Waals surface area contributed by atoms with Gasteiger partial charge in [0.25, 0.3) is 0 Å². The molecule has 1 saturated heterocycles. The van der Waals surface area contributed by atoms with E-state index < -0.39 is 0 Å². The zero-order valence-electron chi connectivity index (χ0n) is 14.6. The zero-order valence-corrected chi connectivity index (χ0v) is 17.8. The summed E-state index contributed by atoms with van der Waals surface area (Å²) in [5.74, 6) is 1.50. The lowest BCUT2D eigenvalue weighted by Gasteiger charge is -2.32. The van der Waals surface area contributed by atoms with Crippen molar-refractivity contribution in [1.29, 1.82) is 0 Å². The minimum Gasteiger partial charge on any atom is -0.441 e. The number of aryl methyl sites for hydroxylation is 1. The highest BCUT2D eigenvalue weighted by Crippen LogP contribution is 2.28. The van der Waals surface area contributed by atoms with Crippen LogP contribution in [0.15, 0.2) is 39.4 Å². The number of carbonyl (C=O) groups is 1. The average molecular weight is 465 g/mol. The van der Waals surface area contributed by atoms with Gasteiger partial charge in [0.15, 0.2) is 11.7 Å². The molecule has 1 unspecified atom stereocenters. The Hall–Kier alpha value is -1.08. The van der Waals surface area contributed by atoms with Crippen molar-refractivity contribution in [2.45, 2.75) is 31.7 Å². The summed E-state index contributed by atoms with van der Waals surface area (Å²) < 4.78 is 6.77. The molecule has 144 valence electrons. The quantitative estimate of drug-likeness (QED) is 0.723. The Morgan fingerprint density at radius 2 is 2.15 bits per heavy atom. The third kappa shape index (κ3) is 5.71. The van der Waals surface area contributed by atoms with Crippen LogP contribution in [0.1, 0.15) is 25.2 Å². The van der Waals surface area contributed by atoms with E-state index >= 15 is 0 Å². The molecule has 5 nitrogen and oxygen atoms in total. The molecular weight excluding hydrogens is 441 g/mol. The zero-order chi connectivity index (χ0) is 16.9. The Balaban J connectivity index is 0.00000169. The molecule has 0 bridgehead atoms. The number of likely N-dealkylation sites (N-methyl/N-ethyl adjacent to an activating group) is 1. The van der Waals surface area contributed by atoms with E-state index in [1.54, 1.807) is 6.20 Å². The normalized spacial score (nSPS) is 16.5. The van der Waals surface area contributed by atoms with Crippen LogP contribution >= 0.6 is 40.7 Å². The van der Waals surface area contributed by atoms with Gasteiger partial charge in [0, 0.05) is 42.0 Å². The molecule has 1 atom stereocenters. The van der Waals surface area contributed by atoms with Gasteiger partial charge in [0.05, 0.1) is 6.20 Å². The summed E-state index contributed by atoms with van der Waals surface area (Å²) in [6, 6.07) is 8.27. The first-order valence-corrected chi connectivity index (χ1v) is 9.11. The Kier molecular flexibility index (Phi) is 9.64. The van der Waals surface area contributed by atoms with Gasteiger partial charge in [-0.1, -0.05) is 34.1 Å². The van der Waals surface area contributed by atoms with Gasteiger partial charge in [-0.3, -0.25) is 4.79 Å². The fourth-order valence-corrected chi connectivity index (χ4v) is 3.50. The van der Waals surface area contributed by atoms with Crippen LogP contribution in [0.4, 0.5) is 0 Å². The van der Waals surface area contributed by atoms with Gasteiger partial charge in [-0.2, -0.15) is 0 Å². The van der Waals surface area contributed by atoms with Crippen LogP contribution in [-0.2, 0) is 11.2 Å². The minimum atomic E-state index is 0. The molecule has 1 aliphatic heterocycles. The van der Waals surface area contributed by atoms with Gasteiger partial charge in [-0.05, 0) is 26.0 Å². The number of rotatable bonds is 5. The van der Waals surface area contributed by atoms with Crippen LogP contribution in [0.5, 0.6) is 0 Å². The second kappa shape index (κ2) is 10.9. The summed E-state index contributed by atoms with van der Waals surface area (Å²) in [4.78, 5) is 18.6. The molecule has 8 heteroatoms. The average Bonchev–Trinajstić information content (AvgIpc) is 3.09. The van der Waals surface area contributed by atoms with Crippen molar-refractivity contribution < 1.29 is 9.21 Å². The molecule has 0 radical (unpaired) electrons. The minimum absolute atomic E-state index is 0. The van der Waals surface area contributed by atoms with E-state index in [-0.39, 0.29) is 30.7 Å². The van der Waals surface area contributed by atoms with E-state index in [1.807, 2.05) is 36.2 Å².